The number of halogens is 1. The number of carbonyl (C=O) groups excluding carboxylic acids is 1. The molecule has 0 spiro atoms. The van der Waals surface area contributed by atoms with Crippen LogP contribution in [-0.2, 0) is 51.3 Å². The molecule has 8 rings (SSSR count). The number of carbonyl (C=O) groups is 1. The number of hydrogen-bond acceptors (Lipinski definition) is 8. The van der Waals surface area contributed by atoms with Crippen molar-refractivity contribution in [3.05, 3.63) is 128 Å². The Bertz CT molecular complexity index is 2430. The number of piperazine rings is 1. The average Bonchev–Trinajstić information content (AvgIpc) is 3.52. The maximum absolute atomic E-state index is 13.9. The van der Waals surface area contributed by atoms with Crippen LogP contribution in [0.5, 0.6) is 0 Å². The summed E-state index contributed by atoms with van der Waals surface area (Å²) in [5.41, 5.74) is 3.32. The number of benzene rings is 3. The lowest BCUT2D eigenvalue weighted by molar-refractivity contribution is -0.172. The Balaban J connectivity index is 1.10. The van der Waals surface area contributed by atoms with Gasteiger partial charge in [0.15, 0.2) is 5.60 Å². The monoisotopic (exact) mass is 737 g/mol. The van der Waals surface area contributed by atoms with Crippen molar-refractivity contribution in [3.8, 4) is 11.4 Å². The fourth-order valence-electron chi connectivity index (χ4n) is 7.46. The molecule has 11 nitrogen and oxygen atoms in total. The maximum Gasteiger partial charge on any atom is 0.343 e. The number of pyridine rings is 2. The molecule has 3 aromatic carbocycles. The van der Waals surface area contributed by atoms with Crippen LogP contribution in [0.25, 0.3) is 22.3 Å². The van der Waals surface area contributed by atoms with Gasteiger partial charge in [0.05, 0.1) is 33.9 Å². The van der Waals surface area contributed by atoms with Gasteiger partial charge in [0, 0.05) is 60.7 Å². The van der Waals surface area contributed by atoms with E-state index in [0.717, 1.165) is 27.6 Å². The number of cyclic esters (lactones) is 1. The van der Waals surface area contributed by atoms with E-state index >= 15 is 0 Å². The third kappa shape index (κ3) is 5.99. The van der Waals surface area contributed by atoms with Crippen molar-refractivity contribution in [2.75, 3.05) is 26.2 Å². The summed E-state index contributed by atoms with van der Waals surface area (Å²) in [5.74, 6) is -0.278. The Hall–Kier alpha value is -4.88. The van der Waals surface area contributed by atoms with Gasteiger partial charge in [-0.1, -0.05) is 67.1 Å². The molecule has 3 aliphatic rings. The van der Waals surface area contributed by atoms with Gasteiger partial charge in [0.2, 0.25) is 0 Å². The molecule has 2 aromatic heterocycles. The highest BCUT2D eigenvalue weighted by atomic mass is 35.5. The normalized spacial score (nSPS) is 18.9. The summed E-state index contributed by atoms with van der Waals surface area (Å²) >= 11 is 6.02. The van der Waals surface area contributed by atoms with Crippen LogP contribution >= 0.6 is 11.6 Å². The number of aromatic nitrogens is 2. The molecule has 0 amide bonds. The van der Waals surface area contributed by atoms with Crippen molar-refractivity contribution in [2.45, 2.75) is 50.0 Å². The Morgan fingerprint density at radius 2 is 1.67 bits per heavy atom. The summed E-state index contributed by atoms with van der Waals surface area (Å²) in [7, 11) is -3.99. The Labute approximate surface area is 305 Å². The number of aliphatic hydroxyl groups is 1. The maximum atomic E-state index is 13.9. The zero-order valence-corrected chi connectivity index (χ0v) is 30.0. The average molecular weight is 738 g/mol. The topological polar surface area (TPSA) is 134 Å². The Morgan fingerprint density at radius 1 is 0.962 bits per heavy atom. The summed E-state index contributed by atoms with van der Waals surface area (Å²) in [6.45, 7) is 4.79. The predicted molar refractivity (Wildman–Crippen MR) is 198 cm³/mol. The molecule has 0 aliphatic carbocycles. The summed E-state index contributed by atoms with van der Waals surface area (Å²) in [4.78, 5) is 36.0. The molecule has 0 radical (unpaired) electrons. The zero-order chi connectivity index (χ0) is 36.2. The van der Waals surface area contributed by atoms with E-state index in [9.17, 15) is 23.1 Å². The van der Waals surface area contributed by atoms with Crippen molar-refractivity contribution < 1.29 is 23.1 Å². The first kappa shape index (κ1) is 34.2. The molecule has 1 saturated heterocycles. The molecule has 1 fully saturated rings. The Morgan fingerprint density at radius 3 is 2.40 bits per heavy atom. The van der Waals surface area contributed by atoms with Crippen molar-refractivity contribution >= 4 is 44.3 Å². The van der Waals surface area contributed by atoms with Crippen LogP contribution in [0, 0.1) is 0 Å². The molecule has 5 heterocycles. The number of fused-ring (bicyclic) bond motifs is 5. The number of nitrogens with zero attached hydrogens (tertiary/aromatic N) is 5. The first-order valence-electron chi connectivity index (χ1n) is 17.2. The summed E-state index contributed by atoms with van der Waals surface area (Å²) in [6, 6.07) is 25.4. The highest BCUT2D eigenvalue weighted by Crippen LogP contribution is 2.40. The van der Waals surface area contributed by atoms with Gasteiger partial charge >= 0.3 is 5.97 Å². The lowest BCUT2D eigenvalue weighted by Crippen LogP contribution is -2.49. The van der Waals surface area contributed by atoms with Crippen LogP contribution in [-0.4, -0.2) is 70.9 Å². The smallest absolute Gasteiger partial charge is 0.343 e. The van der Waals surface area contributed by atoms with Crippen LogP contribution in [0.15, 0.2) is 99.0 Å². The third-order valence-electron chi connectivity index (χ3n) is 10.4. The van der Waals surface area contributed by atoms with Gasteiger partial charge in [-0.25, -0.2) is 9.78 Å². The first-order chi connectivity index (χ1) is 25.1. The van der Waals surface area contributed by atoms with Gasteiger partial charge < -0.3 is 19.3 Å². The summed E-state index contributed by atoms with van der Waals surface area (Å²) < 4.78 is 38.2. The van der Waals surface area contributed by atoms with E-state index in [2.05, 4.69) is 9.30 Å². The summed E-state index contributed by atoms with van der Waals surface area (Å²) in [6.07, 6.45) is 0.429. The number of amidine groups is 1. The molecule has 52 heavy (non-hydrogen) atoms. The lowest BCUT2D eigenvalue weighted by atomic mass is 9.86. The predicted octanol–water partition coefficient (Wildman–Crippen LogP) is 4.88. The molecule has 266 valence electrons. The van der Waals surface area contributed by atoms with E-state index in [1.165, 1.54) is 12.1 Å². The quantitative estimate of drug-likeness (QED) is 0.138. The largest absolute Gasteiger partial charge is 0.458 e. The third-order valence-corrected chi connectivity index (χ3v) is 11.9. The molecular formula is C39H36ClN5O6S. The molecule has 0 bridgehead atoms. The molecule has 0 saturated carbocycles. The van der Waals surface area contributed by atoms with E-state index in [1.54, 1.807) is 29.7 Å². The van der Waals surface area contributed by atoms with Crippen molar-refractivity contribution in [1.29, 1.82) is 0 Å². The van der Waals surface area contributed by atoms with E-state index in [-0.39, 0.29) is 34.6 Å². The van der Waals surface area contributed by atoms with Crippen LogP contribution in [0.3, 0.4) is 0 Å². The number of para-hydroxylation sites is 1. The Kier molecular flexibility index (Phi) is 8.73. The fourth-order valence-corrected chi connectivity index (χ4v) is 8.63. The second-order valence-corrected chi connectivity index (χ2v) is 15.4. The van der Waals surface area contributed by atoms with Crippen LogP contribution in [0.4, 0.5) is 0 Å². The van der Waals surface area contributed by atoms with Crippen molar-refractivity contribution in [1.82, 2.24) is 19.4 Å². The van der Waals surface area contributed by atoms with Crippen LogP contribution < -0.4 is 5.56 Å². The zero-order valence-electron chi connectivity index (χ0n) is 28.5. The van der Waals surface area contributed by atoms with Gasteiger partial charge in [0.1, 0.15) is 12.4 Å². The van der Waals surface area contributed by atoms with Gasteiger partial charge in [0.25, 0.3) is 15.6 Å². The van der Waals surface area contributed by atoms with Crippen molar-refractivity contribution in [2.24, 2.45) is 4.40 Å². The van der Waals surface area contributed by atoms with E-state index in [0.29, 0.717) is 67.9 Å². The summed E-state index contributed by atoms with van der Waals surface area (Å²) in [5, 5.41) is 12.7. The molecule has 1 atom stereocenters. The number of hydrogen-bond donors (Lipinski definition) is 1. The van der Waals surface area contributed by atoms with Gasteiger partial charge in [-0.15, -0.1) is 4.40 Å². The lowest BCUT2D eigenvalue weighted by Gasteiger charge is -2.37. The minimum Gasteiger partial charge on any atom is -0.458 e. The van der Waals surface area contributed by atoms with E-state index in [4.69, 9.17) is 21.3 Å². The molecule has 1 N–H and O–H groups in total. The minimum absolute atomic E-state index is 0.0712. The molecule has 5 aromatic rings. The van der Waals surface area contributed by atoms with E-state index < -0.39 is 21.6 Å². The molecule has 0 unspecified atom stereocenters. The standard InChI is InChI=1S/C39H36ClN5O6S/c1-2-39(48)32-21-34-36-30(23-45(34)37(46)31(32)24-51-38(39)47)29(28-10-6-7-11-33(28)41-36)22-43-16-18-44(19-17-43)35(20-25-8-4-3-5-9-25)42-52(49,50)27-14-12-26(40)13-15-27/h3-15,21,48H,2,16-20,22-24H2,1H3/t39-/m0/s1. The molecular weight excluding hydrogens is 702 g/mol. The first-order valence-corrected chi connectivity index (χ1v) is 19.1. The number of ether oxygens (including phenoxy) is 1. The molecule has 13 heteroatoms. The second kappa shape index (κ2) is 13.3. The second-order valence-electron chi connectivity index (χ2n) is 13.4. The van der Waals surface area contributed by atoms with Crippen LogP contribution in [0.1, 0.15) is 41.2 Å². The van der Waals surface area contributed by atoms with Gasteiger partial charge in [-0.3, -0.25) is 9.69 Å². The number of esters is 1. The highest BCUT2D eigenvalue weighted by molar-refractivity contribution is 7.90. The number of sulfonamides is 1. The minimum atomic E-state index is -3.99. The molecule has 3 aliphatic heterocycles. The fraction of sp³-hybridized carbons (Fsp3) is 0.282. The van der Waals surface area contributed by atoms with Gasteiger partial charge in [-0.05, 0) is 53.9 Å². The highest BCUT2D eigenvalue weighted by Gasteiger charge is 2.45. The number of rotatable bonds is 7. The van der Waals surface area contributed by atoms with Crippen LogP contribution in [0.2, 0.25) is 5.02 Å². The van der Waals surface area contributed by atoms with Crippen molar-refractivity contribution in [3.63, 3.8) is 0 Å². The SMILES string of the molecule is CC[C@@]1(O)C(=O)OCc2c1cc1n(c2=O)Cc2c-1nc1ccccc1c2CN1CCN(C(Cc2ccccc2)=NS(=O)(=O)c2ccc(Cl)cc2)CC1. The van der Waals surface area contributed by atoms with Gasteiger partial charge in [-0.2, -0.15) is 8.42 Å². The van der Waals surface area contributed by atoms with E-state index in [1.807, 2.05) is 59.5 Å².